The minimum atomic E-state index is -0.239. The molecule has 2 nitrogen and oxygen atoms in total. The third-order valence-corrected chi connectivity index (χ3v) is 4.39. The van der Waals surface area contributed by atoms with Gasteiger partial charge in [-0.3, -0.25) is 4.79 Å². The van der Waals surface area contributed by atoms with Crippen molar-refractivity contribution >= 4 is 5.97 Å². The van der Waals surface area contributed by atoms with Crippen molar-refractivity contribution in [1.29, 1.82) is 0 Å². The molecular weight excluding hydrogens is 224 g/mol. The third-order valence-electron chi connectivity index (χ3n) is 4.39. The van der Waals surface area contributed by atoms with Crippen molar-refractivity contribution in [3.8, 4) is 0 Å². The maximum atomic E-state index is 11.9. The van der Waals surface area contributed by atoms with Crippen LogP contribution in [0.5, 0.6) is 0 Å². The summed E-state index contributed by atoms with van der Waals surface area (Å²) in [5.41, 5.74) is -0.239. The second-order valence-electron chi connectivity index (χ2n) is 6.63. The first kappa shape index (κ1) is 15.5. The molecule has 0 aliphatic heterocycles. The first-order valence-corrected chi connectivity index (χ1v) is 7.61. The van der Waals surface area contributed by atoms with Crippen LogP contribution in [0, 0.1) is 17.8 Å². The highest BCUT2D eigenvalue weighted by Crippen LogP contribution is 2.43. The lowest BCUT2D eigenvalue weighted by Crippen LogP contribution is -2.46. The molecule has 3 atom stereocenters. The Kier molecular flexibility index (Phi) is 5.68. The Bertz CT molecular complexity index is 272. The van der Waals surface area contributed by atoms with E-state index in [0.717, 1.165) is 19.3 Å². The Morgan fingerprint density at radius 3 is 2.61 bits per heavy atom. The summed E-state index contributed by atoms with van der Waals surface area (Å²) in [5.74, 6) is 1.77. The fourth-order valence-electron chi connectivity index (χ4n) is 3.50. The summed E-state index contributed by atoms with van der Waals surface area (Å²) in [6, 6.07) is 0. The summed E-state index contributed by atoms with van der Waals surface area (Å²) in [4.78, 5) is 11.9. The zero-order valence-corrected chi connectivity index (χ0v) is 12.8. The average Bonchev–Trinajstić information content (AvgIpc) is 2.24. The molecule has 0 heterocycles. The fourth-order valence-corrected chi connectivity index (χ4v) is 3.50. The van der Waals surface area contributed by atoms with Gasteiger partial charge in [0.05, 0.1) is 0 Å². The molecule has 18 heavy (non-hydrogen) atoms. The van der Waals surface area contributed by atoms with Crippen molar-refractivity contribution in [2.75, 3.05) is 0 Å². The standard InChI is InChI=1S/C16H30O2/c1-6-7-8-15(17)18-16(5)11-13(4)9-10-14(16)12(2)3/h12-14H,6-11H2,1-5H3. The van der Waals surface area contributed by atoms with Crippen molar-refractivity contribution in [1.82, 2.24) is 0 Å². The number of rotatable bonds is 5. The molecule has 0 spiro atoms. The smallest absolute Gasteiger partial charge is 0.306 e. The summed E-state index contributed by atoms with van der Waals surface area (Å²) < 4.78 is 5.89. The monoisotopic (exact) mass is 254 g/mol. The minimum Gasteiger partial charge on any atom is -0.459 e. The van der Waals surface area contributed by atoms with Crippen LogP contribution in [0.2, 0.25) is 0 Å². The maximum absolute atomic E-state index is 11.9. The van der Waals surface area contributed by atoms with E-state index >= 15 is 0 Å². The van der Waals surface area contributed by atoms with E-state index in [1.165, 1.54) is 12.8 Å². The molecule has 0 bridgehead atoms. The minimum absolute atomic E-state index is 0.000833. The number of carbonyl (C=O) groups excluding carboxylic acids is 1. The van der Waals surface area contributed by atoms with Gasteiger partial charge in [0.2, 0.25) is 0 Å². The Hall–Kier alpha value is -0.530. The van der Waals surface area contributed by atoms with E-state index in [1.807, 2.05) is 0 Å². The number of hydrogen-bond donors (Lipinski definition) is 0. The van der Waals surface area contributed by atoms with Gasteiger partial charge in [-0.1, -0.05) is 40.5 Å². The summed E-state index contributed by atoms with van der Waals surface area (Å²) >= 11 is 0. The highest BCUT2D eigenvalue weighted by atomic mass is 16.6. The summed E-state index contributed by atoms with van der Waals surface area (Å²) in [7, 11) is 0. The van der Waals surface area contributed by atoms with Crippen molar-refractivity contribution in [2.24, 2.45) is 17.8 Å². The van der Waals surface area contributed by atoms with E-state index < -0.39 is 0 Å². The van der Waals surface area contributed by atoms with Crippen LogP contribution >= 0.6 is 0 Å². The number of carbonyl (C=O) groups is 1. The molecule has 0 aromatic carbocycles. The first-order valence-electron chi connectivity index (χ1n) is 7.61. The van der Waals surface area contributed by atoms with Gasteiger partial charge in [-0.05, 0) is 38.0 Å². The number of unbranched alkanes of at least 4 members (excludes halogenated alkanes) is 1. The van der Waals surface area contributed by atoms with Gasteiger partial charge < -0.3 is 4.74 Å². The zero-order valence-electron chi connectivity index (χ0n) is 12.8. The molecule has 106 valence electrons. The highest BCUT2D eigenvalue weighted by Gasteiger charge is 2.43. The Labute approximate surface area is 112 Å². The lowest BCUT2D eigenvalue weighted by molar-refractivity contribution is -0.173. The lowest BCUT2D eigenvalue weighted by atomic mass is 9.68. The fraction of sp³-hybridized carbons (Fsp3) is 0.938. The molecule has 1 fully saturated rings. The Balaban J connectivity index is 2.68. The van der Waals surface area contributed by atoms with Gasteiger partial charge in [-0.2, -0.15) is 0 Å². The first-order chi connectivity index (χ1) is 8.39. The van der Waals surface area contributed by atoms with E-state index in [2.05, 4.69) is 34.6 Å². The molecular formula is C16H30O2. The van der Waals surface area contributed by atoms with Crippen molar-refractivity contribution in [2.45, 2.75) is 78.7 Å². The van der Waals surface area contributed by atoms with Crippen LogP contribution in [0.4, 0.5) is 0 Å². The molecule has 2 heteroatoms. The number of esters is 1. The van der Waals surface area contributed by atoms with E-state index in [0.29, 0.717) is 24.2 Å². The highest BCUT2D eigenvalue weighted by molar-refractivity contribution is 5.69. The zero-order chi connectivity index (χ0) is 13.8. The van der Waals surface area contributed by atoms with Crippen LogP contribution in [0.25, 0.3) is 0 Å². The number of ether oxygens (including phenoxy) is 1. The largest absolute Gasteiger partial charge is 0.459 e. The van der Waals surface area contributed by atoms with Crippen LogP contribution < -0.4 is 0 Å². The van der Waals surface area contributed by atoms with Gasteiger partial charge in [0.15, 0.2) is 0 Å². The Morgan fingerprint density at radius 2 is 2.06 bits per heavy atom. The molecule has 0 aromatic rings. The molecule has 0 radical (unpaired) electrons. The van der Waals surface area contributed by atoms with Crippen LogP contribution in [-0.2, 0) is 9.53 Å². The van der Waals surface area contributed by atoms with E-state index in [1.54, 1.807) is 0 Å². The number of hydrogen-bond acceptors (Lipinski definition) is 2. The predicted molar refractivity (Wildman–Crippen MR) is 75.4 cm³/mol. The molecule has 0 saturated heterocycles. The average molecular weight is 254 g/mol. The van der Waals surface area contributed by atoms with Crippen LogP contribution in [0.3, 0.4) is 0 Å². The second-order valence-corrected chi connectivity index (χ2v) is 6.63. The van der Waals surface area contributed by atoms with Crippen LogP contribution in [0.1, 0.15) is 73.1 Å². The molecule has 1 aliphatic rings. The molecule has 0 aromatic heterocycles. The lowest BCUT2D eigenvalue weighted by Gasteiger charge is -2.45. The van der Waals surface area contributed by atoms with Gasteiger partial charge in [0.25, 0.3) is 0 Å². The normalized spacial score (nSPS) is 32.6. The van der Waals surface area contributed by atoms with Gasteiger partial charge >= 0.3 is 5.97 Å². The van der Waals surface area contributed by atoms with Gasteiger partial charge in [0, 0.05) is 12.3 Å². The molecule has 1 rings (SSSR count). The maximum Gasteiger partial charge on any atom is 0.306 e. The van der Waals surface area contributed by atoms with Crippen molar-refractivity contribution in [3.05, 3.63) is 0 Å². The van der Waals surface area contributed by atoms with Crippen molar-refractivity contribution in [3.63, 3.8) is 0 Å². The van der Waals surface area contributed by atoms with E-state index in [-0.39, 0.29) is 11.6 Å². The molecule has 0 N–H and O–H groups in total. The van der Waals surface area contributed by atoms with Crippen LogP contribution in [-0.4, -0.2) is 11.6 Å². The molecule has 1 aliphatic carbocycles. The van der Waals surface area contributed by atoms with Crippen molar-refractivity contribution < 1.29 is 9.53 Å². The topological polar surface area (TPSA) is 26.3 Å². The SMILES string of the molecule is CCCCC(=O)OC1(C)CC(C)CCC1C(C)C. The van der Waals surface area contributed by atoms with Crippen LogP contribution in [0.15, 0.2) is 0 Å². The summed E-state index contributed by atoms with van der Waals surface area (Å²) in [6.45, 7) is 11.0. The van der Waals surface area contributed by atoms with Gasteiger partial charge in [-0.25, -0.2) is 0 Å². The summed E-state index contributed by atoms with van der Waals surface area (Å²) in [6.07, 6.45) is 6.05. The van der Waals surface area contributed by atoms with E-state index in [4.69, 9.17) is 4.74 Å². The Morgan fingerprint density at radius 1 is 1.39 bits per heavy atom. The predicted octanol–water partition coefficient (Wildman–Crippen LogP) is 4.57. The van der Waals surface area contributed by atoms with Gasteiger partial charge in [0.1, 0.15) is 5.60 Å². The molecule has 1 saturated carbocycles. The quantitative estimate of drug-likeness (QED) is 0.672. The molecule has 3 unspecified atom stereocenters. The summed E-state index contributed by atoms with van der Waals surface area (Å²) in [5, 5.41) is 0. The van der Waals surface area contributed by atoms with E-state index in [9.17, 15) is 4.79 Å². The second kappa shape index (κ2) is 6.58. The van der Waals surface area contributed by atoms with Gasteiger partial charge in [-0.15, -0.1) is 0 Å². The molecule has 0 amide bonds. The third kappa shape index (κ3) is 4.00.